The lowest BCUT2D eigenvalue weighted by molar-refractivity contribution is 0.0999. The van der Waals surface area contributed by atoms with Crippen LogP contribution in [0.25, 0.3) is 11.3 Å². The molecule has 204 valence electrons. The molecule has 3 aromatic rings. The molecule has 38 heavy (non-hydrogen) atoms. The molecule has 2 heterocycles. The summed E-state index contributed by atoms with van der Waals surface area (Å²) in [4.78, 5) is 30.9. The van der Waals surface area contributed by atoms with Crippen molar-refractivity contribution in [1.82, 2.24) is 19.7 Å². The fourth-order valence-corrected chi connectivity index (χ4v) is 6.00. The van der Waals surface area contributed by atoms with Crippen LogP contribution >= 0.6 is 0 Å². The van der Waals surface area contributed by atoms with Gasteiger partial charge in [-0.2, -0.15) is 5.10 Å². The molecule has 1 aliphatic carbocycles. The molecule has 1 fully saturated rings. The third-order valence-corrected chi connectivity index (χ3v) is 8.35. The van der Waals surface area contributed by atoms with Gasteiger partial charge in [0.2, 0.25) is 5.91 Å². The van der Waals surface area contributed by atoms with Gasteiger partial charge in [0.25, 0.3) is 5.56 Å². The minimum Gasteiger partial charge on any atom is -0.382 e. The monoisotopic (exact) mass is 518 g/mol. The van der Waals surface area contributed by atoms with Crippen LogP contribution in [0.4, 0.5) is 5.69 Å². The van der Waals surface area contributed by atoms with Gasteiger partial charge in [-0.25, -0.2) is 0 Å². The van der Waals surface area contributed by atoms with E-state index in [0.29, 0.717) is 29.5 Å². The van der Waals surface area contributed by atoms with Crippen molar-refractivity contribution in [1.29, 1.82) is 0 Å². The molecule has 1 unspecified atom stereocenters. The normalized spacial score (nSPS) is 18.5. The van der Waals surface area contributed by atoms with E-state index >= 15 is 0 Å². The number of nitrogens with two attached hydrogens (primary N) is 1. The van der Waals surface area contributed by atoms with Crippen molar-refractivity contribution in [2.75, 3.05) is 19.4 Å². The maximum atomic E-state index is 13.1. The highest BCUT2D eigenvalue weighted by Crippen LogP contribution is 2.38. The van der Waals surface area contributed by atoms with Gasteiger partial charge in [0.05, 0.1) is 5.69 Å². The largest absolute Gasteiger partial charge is 0.382 e. The molecule has 4 N–H and O–H groups in total. The Bertz CT molecular complexity index is 1380. The standard InChI is InChI=1S/C30H42N6O2/c1-17-14-18(2)32-30(38)23(17)15-26-25(27-12-13-36(7)34-27)16-24(29(31)37)19(3)28(26)33-20(4)21-8-10-22(11-9-21)35(5)6/h12-14,16,20-22,33H,8-11,15H2,1-7H3,(H2,31,37)(H,32,38). The molecule has 0 radical (unpaired) electrons. The minimum absolute atomic E-state index is 0.0906. The number of amides is 1. The van der Waals surface area contributed by atoms with Gasteiger partial charge < -0.3 is 20.9 Å². The zero-order valence-electron chi connectivity index (χ0n) is 23.8. The zero-order valence-corrected chi connectivity index (χ0v) is 23.8. The van der Waals surface area contributed by atoms with E-state index in [-0.39, 0.29) is 11.6 Å². The molecule has 0 spiro atoms. The minimum atomic E-state index is -0.474. The summed E-state index contributed by atoms with van der Waals surface area (Å²) >= 11 is 0. The fourth-order valence-electron chi connectivity index (χ4n) is 6.00. The molecule has 8 nitrogen and oxygen atoms in total. The summed E-state index contributed by atoms with van der Waals surface area (Å²) in [5.74, 6) is 0.0382. The van der Waals surface area contributed by atoms with Crippen molar-refractivity contribution in [3.8, 4) is 11.3 Å². The number of hydrogen-bond acceptors (Lipinski definition) is 5. The van der Waals surface area contributed by atoms with Gasteiger partial charge in [0.15, 0.2) is 0 Å². The number of aromatic nitrogens is 3. The average Bonchev–Trinajstić information content (AvgIpc) is 3.28. The lowest BCUT2D eigenvalue weighted by Gasteiger charge is -2.36. The van der Waals surface area contributed by atoms with E-state index in [1.807, 2.05) is 52.2 Å². The molecule has 1 amide bonds. The number of aryl methyl sites for hydroxylation is 3. The Kier molecular flexibility index (Phi) is 8.11. The van der Waals surface area contributed by atoms with Gasteiger partial charge in [-0.15, -0.1) is 0 Å². The van der Waals surface area contributed by atoms with Crippen molar-refractivity contribution in [3.63, 3.8) is 0 Å². The number of nitrogens with one attached hydrogen (secondary N) is 2. The Morgan fingerprint density at radius 1 is 1.18 bits per heavy atom. The summed E-state index contributed by atoms with van der Waals surface area (Å²) in [6.07, 6.45) is 6.93. The summed E-state index contributed by atoms with van der Waals surface area (Å²) in [7, 11) is 6.18. The number of carbonyl (C=O) groups is 1. The molecule has 1 saturated carbocycles. The van der Waals surface area contributed by atoms with Crippen molar-refractivity contribution in [2.24, 2.45) is 18.7 Å². The third kappa shape index (κ3) is 5.70. The van der Waals surface area contributed by atoms with Crippen molar-refractivity contribution in [2.45, 2.75) is 71.9 Å². The smallest absolute Gasteiger partial charge is 0.251 e. The first-order valence-corrected chi connectivity index (χ1v) is 13.5. The number of hydrogen-bond donors (Lipinski definition) is 3. The number of carbonyl (C=O) groups excluding carboxylic acids is 1. The fraction of sp³-hybridized carbons (Fsp3) is 0.500. The lowest BCUT2D eigenvalue weighted by atomic mass is 9.81. The molecule has 1 atom stereocenters. The van der Waals surface area contributed by atoms with Crippen LogP contribution in [0.5, 0.6) is 0 Å². The third-order valence-electron chi connectivity index (χ3n) is 8.35. The van der Waals surface area contributed by atoms with E-state index in [2.05, 4.69) is 41.3 Å². The highest BCUT2D eigenvalue weighted by atomic mass is 16.1. The second-order valence-corrected chi connectivity index (χ2v) is 11.3. The van der Waals surface area contributed by atoms with Crippen molar-refractivity contribution < 1.29 is 4.79 Å². The van der Waals surface area contributed by atoms with Gasteiger partial charge in [-0.05, 0) is 108 Å². The number of primary amides is 1. The van der Waals surface area contributed by atoms with Gasteiger partial charge in [-0.1, -0.05) is 0 Å². The van der Waals surface area contributed by atoms with Crippen LogP contribution < -0.4 is 16.6 Å². The molecule has 8 heteroatoms. The van der Waals surface area contributed by atoms with Crippen molar-refractivity contribution in [3.05, 3.63) is 68.3 Å². The first kappa shape index (κ1) is 27.6. The average molecular weight is 519 g/mol. The first-order valence-electron chi connectivity index (χ1n) is 13.5. The van der Waals surface area contributed by atoms with Gasteiger partial charge in [0, 0.05) is 59.8 Å². The number of H-pyrrole nitrogens is 1. The van der Waals surface area contributed by atoms with E-state index in [0.717, 1.165) is 52.2 Å². The number of anilines is 1. The summed E-state index contributed by atoms with van der Waals surface area (Å²) in [5, 5.41) is 8.46. The SMILES string of the molecule is Cc1cc(C)c(Cc2c(-c3ccn(C)n3)cc(C(N)=O)c(C)c2NC(C)C2CCC(N(C)C)CC2)c(=O)[nH]1. The Hall–Kier alpha value is -3.39. The second-order valence-electron chi connectivity index (χ2n) is 11.3. The van der Waals surface area contributed by atoms with E-state index in [1.165, 1.54) is 12.8 Å². The molecule has 2 aromatic heterocycles. The summed E-state index contributed by atoms with van der Waals surface area (Å²) in [6.45, 7) is 8.03. The van der Waals surface area contributed by atoms with E-state index < -0.39 is 5.91 Å². The maximum absolute atomic E-state index is 13.1. The van der Waals surface area contributed by atoms with Crippen LogP contribution in [0, 0.1) is 26.7 Å². The molecule has 0 aliphatic heterocycles. The van der Waals surface area contributed by atoms with Crippen LogP contribution in [-0.4, -0.2) is 51.8 Å². The number of nitrogens with zero attached hydrogens (tertiary/aromatic N) is 3. The quantitative estimate of drug-likeness (QED) is 0.412. The first-order chi connectivity index (χ1) is 18.0. The van der Waals surface area contributed by atoms with E-state index in [1.54, 1.807) is 4.68 Å². The highest BCUT2D eigenvalue weighted by Gasteiger charge is 2.28. The molecule has 0 saturated heterocycles. The second kappa shape index (κ2) is 11.2. The van der Waals surface area contributed by atoms with Gasteiger partial charge in [0.1, 0.15) is 0 Å². The molecular weight excluding hydrogens is 476 g/mol. The topological polar surface area (TPSA) is 109 Å². The molecule has 4 rings (SSSR count). The zero-order chi connectivity index (χ0) is 27.7. The van der Waals surface area contributed by atoms with E-state index in [4.69, 9.17) is 5.73 Å². The Balaban J connectivity index is 1.83. The molecule has 1 aliphatic rings. The molecular formula is C30H42N6O2. The van der Waals surface area contributed by atoms with Gasteiger partial charge >= 0.3 is 0 Å². The van der Waals surface area contributed by atoms with Crippen molar-refractivity contribution >= 4 is 11.6 Å². The predicted molar refractivity (Wildman–Crippen MR) is 154 cm³/mol. The Labute approximate surface area is 225 Å². The van der Waals surface area contributed by atoms with Crippen LogP contribution in [-0.2, 0) is 13.5 Å². The van der Waals surface area contributed by atoms with Crippen LogP contribution in [0.2, 0.25) is 0 Å². The van der Waals surface area contributed by atoms with Crippen LogP contribution in [0.1, 0.15) is 70.9 Å². The number of pyridine rings is 1. The van der Waals surface area contributed by atoms with Crippen LogP contribution in [0.3, 0.4) is 0 Å². The van der Waals surface area contributed by atoms with Gasteiger partial charge in [-0.3, -0.25) is 14.3 Å². The summed E-state index contributed by atoms with van der Waals surface area (Å²) in [5.41, 5.74) is 12.9. The number of rotatable bonds is 8. The number of benzene rings is 1. The molecule has 1 aromatic carbocycles. The van der Waals surface area contributed by atoms with E-state index in [9.17, 15) is 9.59 Å². The van der Waals surface area contributed by atoms with Crippen LogP contribution in [0.15, 0.2) is 29.2 Å². The maximum Gasteiger partial charge on any atom is 0.251 e. The number of aromatic amines is 1. The highest BCUT2D eigenvalue weighted by molar-refractivity contribution is 5.98. The molecule has 0 bridgehead atoms. The summed E-state index contributed by atoms with van der Waals surface area (Å²) < 4.78 is 1.74. The predicted octanol–water partition coefficient (Wildman–Crippen LogP) is 4.31. The Morgan fingerprint density at radius 3 is 2.42 bits per heavy atom. The lowest BCUT2D eigenvalue weighted by Crippen LogP contribution is -2.37. The summed E-state index contributed by atoms with van der Waals surface area (Å²) in [6, 6.07) is 6.58. The Morgan fingerprint density at radius 2 is 1.87 bits per heavy atom.